The number of ether oxygens (including phenoxy) is 1. The first-order valence-corrected chi connectivity index (χ1v) is 5.28. The van der Waals surface area contributed by atoms with Gasteiger partial charge in [0.05, 0.1) is 5.56 Å². The zero-order valence-electron chi connectivity index (χ0n) is 8.94. The molecule has 86 valence electrons. The molecule has 0 aliphatic rings. The smallest absolute Gasteiger partial charge is 0.340 e. The molecule has 6 heteroatoms. The predicted octanol–water partition coefficient (Wildman–Crippen LogP) is 1.09. The Hall–Kier alpha value is -1.43. The molecule has 5 nitrogen and oxygen atoms in total. The number of hydrogen-bond acceptors (Lipinski definition) is 4. The minimum Gasteiger partial charge on any atom is -0.452 e. The highest BCUT2D eigenvalue weighted by atomic mass is 79.9. The van der Waals surface area contributed by atoms with Crippen LogP contribution in [0.2, 0.25) is 0 Å². The molecule has 1 aromatic rings. The molecule has 1 aromatic heterocycles. The van der Waals surface area contributed by atoms with Gasteiger partial charge in [-0.1, -0.05) is 0 Å². The number of hydrogen-bond donors (Lipinski definition) is 0. The van der Waals surface area contributed by atoms with Gasteiger partial charge in [0.15, 0.2) is 6.61 Å². The maximum Gasteiger partial charge on any atom is 0.340 e. The van der Waals surface area contributed by atoms with Gasteiger partial charge in [0.25, 0.3) is 5.91 Å². The molecule has 1 rings (SSSR count). The number of pyridine rings is 1. The first-order chi connectivity index (χ1) is 7.50. The molecule has 0 aliphatic carbocycles. The summed E-state index contributed by atoms with van der Waals surface area (Å²) in [6.07, 6.45) is 2.94. The third-order valence-corrected chi connectivity index (χ3v) is 2.20. The van der Waals surface area contributed by atoms with Gasteiger partial charge in [-0.05, 0) is 22.0 Å². The molecule has 0 unspecified atom stereocenters. The number of rotatable bonds is 3. The summed E-state index contributed by atoms with van der Waals surface area (Å²) >= 11 is 3.19. The van der Waals surface area contributed by atoms with Crippen molar-refractivity contribution in [1.82, 2.24) is 9.88 Å². The number of halogens is 1. The number of esters is 1. The first-order valence-electron chi connectivity index (χ1n) is 4.48. The minimum absolute atomic E-state index is 0.266. The molecular weight excluding hydrogens is 276 g/mol. The van der Waals surface area contributed by atoms with Crippen LogP contribution in [0.3, 0.4) is 0 Å². The molecule has 0 fully saturated rings. The van der Waals surface area contributed by atoms with Gasteiger partial charge in [-0.25, -0.2) is 4.79 Å². The second-order valence-corrected chi connectivity index (χ2v) is 4.17. The van der Waals surface area contributed by atoms with Crippen LogP contribution in [-0.4, -0.2) is 42.5 Å². The van der Waals surface area contributed by atoms with Gasteiger partial charge in [0.2, 0.25) is 0 Å². The molecule has 0 aliphatic heterocycles. The Morgan fingerprint density at radius 1 is 1.44 bits per heavy atom. The molecule has 0 saturated carbocycles. The maximum atomic E-state index is 11.5. The summed E-state index contributed by atoms with van der Waals surface area (Å²) < 4.78 is 5.50. The molecule has 0 spiro atoms. The predicted molar refractivity (Wildman–Crippen MR) is 60.9 cm³/mol. The third-order valence-electron chi connectivity index (χ3n) is 1.77. The SMILES string of the molecule is CN(C)C(=O)COC(=O)c1cncc(Br)c1. The van der Waals surface area contributed by atoms with Crippen LogP contribution in [0.25, 0.3) is 0 Å². The van der Waals surface area contributed by atoms with Crippen LogP contribution >= 0.6 is 15.9 Å². The summed E-state index contributed by atoms with van der Waals surface area (Å²) in [6.45, 7) is -0.266. The van der Waals surface area contributed by atoms with Crippen molar-refractivity contribution in [2.45, 2.75) is 0 Å². The highest BCUT2D eigenvalue weighted by Gasteiger charge is 2.11. The number of carbonyl (C=O) groups excluding carboxylic acids is 2. The summed E-state index contributed by atoms with van der Waals surface area (Å²) in [4.78, 5) is 27.8. The van der Waals surface area contributed by atoms with Crippen LogP contribution in [0.15, 0.2) is 22.9 Å². The van der Waals surface area contributed by atoms with Crippen molar-refractivity contribution >= 4 is 27.8 Å². The van der Waals surface area contributed by atoms with Crippen molar-refractivity contribution in [3.05, 3.63) is 28.5 Å². The van der Waals surface area contributed by atoms with E-state index >= 15 is 0 Å². The van der Waals surface area contributed by atoms with Crippen molar-refractivity contribution in [1.29, 1.82) is 0 Å². The molecule has 0 radical (unpaired) electrons. The van der Waals surface area contributed by atoms with Gasteiger partial charge in [0.1, 0.15) is 0 Å². The zero-order valence-corrected chi connectivity index (χ0v) is 10.5. The van der Waals surface area contributed by atoms with E-state index in [9.17, 15) is 9.59 Å². The van der Waals surface area contributed by atoms with Crippen molar-refractivity contribution < 1.29 is 14.3 Å². The third kappa shape index (κ3) is 3.62. The fourth-order valence-electron chi connectivity index (χ4n) is 0.863. The van der Waals surface area contributed by atoms with Crippen molar-refractivity contribution in [2.75, 3.05) is 20.7 Å². The highest BCUT2D eigenvalue weighted by molar-refractivity contribution is 9.10. The Bertz CT molecular complexity index is 407. The Labute approximate surface area is 102 Å². The van der Waals surface area contributed by atoms with E-state index in [-0.39, 0.29) is 12.5 Å². The van der Waals surface area contributed by atoms with Crippen LogP contribution in [-0.2, 0) is 9.53 Å². The molecule has 0 atom stereocenters. The summed E-state index contributed by atoms with van der Waals surface area (Å²) in [5.74, 6) is -0.833. The molecule has 0 saturated heterocycles. The number of aromatic nitrogens is 1. The average Bonchev–Trinajstić information content (AvgIpc) is 2.25. The van der Waals surface area contributed by atoms with Crippen LogP contribution in [0.4, 0.5) is 0 Å². The van der Waals surface area contributed by atoms with Crippen molar-refractivity contribution in [2.24, 2.45) is 0 Å². The fraction of sp³-hybridized carbons (Fsp3) is 0.300. The van der Waals surface area contributed by atoms with E-state index in [0.717, 1.165) is 0 Å². The largest absolute Gasteiger partial charge is 0.452 e. The molecular formula is C10H11BrN2O3. The summed E-state index contributed by atoms with van der Waals surface area (Å²) in [5, 5.41) is 0. The van der Waals surface area contributed by atoms with Crippen LogP contribution in [0.5, 0.6) is 0 Å². The topological polar surface area (TPSA) is 59.5 Å². The Balaban J connectivity index is 2.57. The van der Waals surface area contributed by atoms with E-state index in [4.69, 9.17) is 4.74 Å². The molecule has 16 heavy (non-hydrogen) atoms. The zero-order chi connectivity index (χ0) is 12.1. The van der Waals surface area contributed by atoms with Gasteiger partial charge in [-0.3, -0.25) is 9.78 Å². The van der Waals surface area contributed by atoms with E-state index in [1.807, 2.05) is 0 Å². The summed E-state index contributed by atoms with van der Waals surface area (Å²) in [6, 6.07) is 1.58. The number of nitrogens with zero attached hydrogens (tertiary/aromatic N) is 2. The van der Waals surface area contributed by atoms with Gasteiger partial charge in [-0.15, -0.1) is 0 Å². The second kappa shape index (κ2) is 5.60. The Morgan fingerprint density at radius 3 is 2.69 bits per heavy atom. The van der Waals surface area contributed by atoms with Gasteiger partial charge < -0.3 is 9.64 Å². The lowest BCUT2D eigenvalue weighted by Crippen LogP contribution is -2.27. The van der Waals surface area contributed by atoms with Gasteiger partial charge in [0, 0.05) is 31.0 Å². The highest BCUT2D eigenvalue weighted by Crippen LogP contribution is 2.10. The summed E-state index contributed by atoms with van der Waals surface area (Å²) in [7, 11) is 3.19. The van der Waals surface area contributed by atoms with E-state index in [1.165, 1.54) is 11.1 Å². The quantitative estimate of drug-likeness (QED) is 0.781. The summed E-state index contributed by atoms with van der Waals surface area (Å²) in [5.41, 5.74) is 0.306. The standard InChI is InChI=1S/C10H11BrN2O3/c1-13(2)9(14)6-16-10(15)7-3-8(11)5-12-4-7/h3-5H,6H2,1-2H3. The molecule has 1 heterocycles. The number of likely N-dealkylation sites (N-methyl/N-ethyl adjacent to an activating group) is 1. The Morgan fingerprint density at radius 2 is 2.12 bits per heavy atom. The monoisotopic (exact) mass is 286 g/mol. The Kier molecular flexibility index (Phi) is 4.42. The van der Waals surface area contributed by atoms with Crippen molar-refractivity contribution in [3.8, 4) is 0 Å². The molecule has 0 N–H and O–H groups in total. The number of amides is 1. The van der Waals surface area contributed by atoms with Crippen LogP contribution < -0.4 is 0 Å². The van der Waals surface area contributed by atoms with Gasteiger partial charge in [-0.2, -0.15) is 0 Å². The lowest BCUT2D eigenvalue weighted by molar-refractivity contribution is -0.131. The first kappa shape index (κ1) is 12.6. The van der Waals surface area contributed by atoms with E-state index in [2.05, 4.69) is 20.9 Å². The fourth-order valence-corrected chi connectivity index (χ4v) is 1.23. The lowest BCUT2D eigenvalue weighted by atomic mass is 10.3. The number of carbonyl (C=O) groups is 2. The average molecular weight is 287 g/mol. The molecule has 0 aromatic carbocycles. The second-order valence-electron chi connectivity index (χ2n) is 3.26. The maximum absolute atomic E-state index is 11.5. The van der Waals surface area contributed by atoms with Crippen LogP contribution in [0, 0.1) is 0 Å². The lowest BCUT2D eigenvalue weighted by Gasteiger charge is -2.10. The van der Waals surface area contributed by atoms with E-state index < -0.39 is 5.97 Å². The van der Waals surface area contributed by atoms with E-state index in [1.54, 1.807) is 26.4 Å². The van der Waals surface area contributed by atoms with Crippen molar-refractivity contribution in [3.63, 3.8) is 0 Å². The molecule has 1 amide bonds. The minimum atomic E-state index is -0.566. The van der Waals surface area contributed by atoms with Crippen LogP contribution in [0.1, 0.15) is 10.4 Å². The normalized spacial score (nSPS) is 9.69. The molecule has 0 bridgehead atoms. The van der Waals surface area contributed by atoms with E-state index in [0.29, 0.717) is 10.0 Å². The van der Waals surface area contributed by atoms with Gasteiger partial charge >= 0.3 is 5.97 Å².